The zero-order valence-corrected chi connectivity index (χ0v) is 14.5. The maximum Gasteiger partial charge on any atom is 0.244 e. The Morgan fingerprint density at radius 2 is 2.00 bits per heavy atom. The smallest absolute Gasteiger partial charge is 0.244 e. The zero-order valence-electron chi connectivity index (χ0n) is 14.5. The van der Waals surface area contributed by atoms with Gasteiger partial charge in [0.2, 0.25) is 11.8 Å². The number of para-hydroxylation sites is 2. The number of hydrogen-bond donors (Lipinski definition) is 1. The SMILES string of the molecule is O=C1CN(C(=O)CN2CCCC3(CCOCC3)C2)c2ccccc2N1. The summed E-state index contributed by atoms with van der Waals surface area (Å²) >= 11 is 0. The largest absolute Gasteiger partial charge is 0.381 e. The minimum Gasteiger partial charge on any atom is -0.381 e. The zero-order chi connectivity index (χ0) is 17.3. The highest BCUT2D eigenvalue weighted by Gasteiger charge is 2.38. The molecule has 0 saturated carbocycles. The van der Waals surface area contributed by atoms with Gasteiger partial charge in [-0.05, 0) is 49.8 Å². The molecule has 6 nitrogen and oxygen atoms in total. The van der Waals surface area contributed by atoms with Crippen molar-refractivity contribution in [2.24, 2.45) is 5.41 Å². The van der Waals surface area contributed by atoms with E-state index in [0.717, 1.165) is 51.3 Å². The molecular weight excluding hydrogens is 318 g/mol. The van der Waals surface area contributed by atoms with Crippen LogP contribution in [0.4, 0.5) is 11.4 Å². The van der Waals surface area contributed by atoms with Crippen LogP contribution < -0.4 is 10.2 Å². The van der Waals surface area contributed by atoms with Crippen molar-refractivity contribution in [2.45, 2.75) is 25.7 Å². The van der Waals surface area contributed by atoms with E-state index in [2.05, 4.69) is 10.2 Å². The summed E-state index contributed by atoms with van der Waals surface area (Å²) in [6.07, 6.45) is 4.54. The number of nitrogens with one attached hydrogen (secondary N) is 1. The molecule has 0 unspecified atom stereocenters. The van der Waals surface area contributed by atoms with Crippen molar-refractivity contribution in [3.8, 4) is 0 Å². The molecule has 0 radical (unpaired) electrons. The summed E-state index contributed by atoms with van der Waals surface area (Å²) in [5.41, 5.74) is 1.82. The fraction of sp³-hybridized carbons (Fsp3) is 0.579. The average molecular weight is 343 g/mol. The second-order valence-electron chi connectivity index (χ2n) is 7.47. The van der Waals surface area contributed by atoms with E-state index in [1.807, 2.05) is 24.3 Å². The van der Waals surface area contributed by atoms with E-state index in [1.165, 1.54) is 6.42 Å². The van der Waals surface area contributed by atoms with E-state index in [-0.39, 0.29) is 18.4 Å². The van der Waals surface area contributed by atoms with Crippen molar-refractivity contribution in [2.75, 3.05) is 49.6 Å². The van der Waals surface area contributed by atoms with E-state index in [4.69, 9.17) is 4.74 Å². The van der Waals surface area contributed by atoms with Crippen LogP contribution in [-0.2, 0) is 14.3 Å². The van der Waals surface area contributed by atoms with Gasteiger partial charge in [-0.15, -0.1) is 0 Å². The molecule has 2 fully saturated rings. The number of fused-ring (bicyclic) bond motifs is 1. The summed E-state index contributed by atoms with van der Waals surface area (Å²) in [6, 6.07) is 7.49. The topological polar surface area (TPSA) is 61.9 Å². The summed E-state index contributed by atoms with van der Waals surface area (Å²) < 4.78 is 5.52. The number of anilines is 2. The molecule has 3 heterocycles. The molecule has 6 heteroatoms. The maximum absolute atomic E-state index is 12.9. The summed E-state index contributed by atoms with van der Waals surface area (Å²) in [5.74, 6) is -0.127. The Balaban J connectivity index is 1.46. The highest BCUT2D eigenvalue weighted by molar-refractivity contribution is 6.10. The van der Waals surface area contributed by atoms with Crippen LogP contribution in [0.15, 0.2) is 24.3 Å². The molecule has 25 heavy (non-hydrogen) atoms. The van der Waals surface area contributed by atoms with E-state index in [0.29, 0.717) is 17.6 Å². The molecule has 0 aliphatic carbocycles. The van der Waals surface area contributed by atoms with Crippen LogP contribution in [0, 0.1) is 5.41 Å². The molecular formula is C19H25N3O3. The number of carbonyl (C=O) groups excluding carboxylic acids is 2. The van der Waals surface area contributed by atoms with Crippen LogP contribution in [0.3, 0.4) is 0 Å². The van der Waals surface area contributed by atoms with Crippen molar-refractivity contribution in [3.05, 3.63) is 24.3 Å². The van der Waals surface area contributed by atoms with Gasteiger partial charge in [0.05, 0.1) is 17.9 Å². The molecule has 2 amide bonds. The summed E-state index contributed by atoms with van der Waals surface area (Å²) in [7, 11) is 0. The fourth-order valence-corrected chi connectivity index (χ4v) is 4.39. The maximum atomic E-state index is 12.9. The van der Waals surface area contributed by atoms with Crippen molar-refractivity contribution >= 4 is 23.2 Å². The number of piperidine rings is 1. The second kappa shape index (κ2) is 6.77. The van der Waals surface area contributed by atoms with E-state index < -0.39 is 0 Å². The van der Waals surface area contributed by atoms with Gasteiger partial charge in [0, 0.05) is 19.8 Å². The third-order valence-corrected chi connectivity index (χ3v) is 5.72. The number of carbonyl (C=O) groups is 2. The average Bonchev–Trinajstić information content (AvgIpc) is 2.61. The van der Waals surface area contributed by atoms with Crippen molar-refractivity contribution in [1.29, 1.82) is 0 Å². The molecule has 0 atom stereocenters. The lowest BCUT2D eigenvalue weighted by Crippen LogP contribution is -2.51. The van der Waals surface area contributed by atoms with Gasteiger partial charge in [-0.2, -0.15) is 0 Å². The Kier molecular flexibility index (Phi) is 4.48. The Morgan fingerprint density at radius 3 is 2.84 bits per heavy atom. The molecule has 4 rings (SSSR count). The predicted molar refractivity (Wildman–Crippen MR) is 95.6 cm³/mol. The van der Waals surface area contributed by atoms with Gasteiger partial charge in [-0.3, -0.25) is 19.4 Å². The van der Waals surface area contributed by atoms with Crippen LogP contribution >= 0.6 is 0 Å². The summed E-state index contributed by atoms with van der Waals surface area (Å²) in [6.45, 7) is 4.07. The Labute approximate surface area is 148 Å². The first kappa shape index (κ1) is 16.5. The third kappa shape index (κ3) is 3.41. The minimum absolute atomic E-state index is 0.00593. The van der Waals surface area contributed by atoms with Gasteiger partial charge < -0.3 is 10.1 Å². The molecule has 1 aromatic rings. The standard InChI is InChI=1S/C19H25N3O3/c23-17-12-22(16-5-2-1-4-15(16)20-17)18(24)13-21-9-3-6-19(14-21)7-10-25-11-8-19/h1-2,4-5H,3,6-14H2,(H,20,23). The summed E-state index contributed by atoms with van der Waals surface area (Å²) in [4.78, 5) is 28.8. The quantitative estimate of drug-likeness (QED) is 0.890. The van der Waals surface area contributed by atoms with Crippen LogP contribution in [0.2, 0.25) is 0 Å². The normalized spacial score (nSPS) is 23.2. The second-order valence-corrected chi connectivity index (χ2v) is 7.47. The number of rotatable bonds is 2. The van der Waals surface area contributed by atoms with Crippen LogP contribution in [-0.4, -0.2) is 56.1 Å². The van der Waals surface area contributed by atoms with Gasteiger partial charge in [-0.25, -0.2) is 0 Å². The van der Waals surface area contributed by atoms with Crippen molar-refractivity contribution in [1.82, 2.24) is 4.90 Å². The summed E-state index contributed by atoms with van der Waals surface area (Å²) in [5, 5.41) is 2.83. The van der Waals surface area contributed by atoms with Gasteiger partial charge in [0.25, 0.3) is 0 Å². The van der Waals surface area contributed by atoms with Crippen LogP contribution in [0.1, 0.15) is 25.7 Å². The number of benzene rings is 1. The first-order valence-electron chi connectivity index (χ1n) is 9.15. The first-order chi connectivity index (χ1) is 12.2. The molecule has 2 saturated heterocycles. The Morgan fingerprint density at radius 1 is 1.20 bits per heavy atom. The molecule has 1 spiro atoms. The number of ether oxygens (including phenoxy) is 1. The third-order valence-electron chi connectivity index (χ3n) is 5.72. The lowest BCUT2D eigenvalue weighted by molar-refractivity contribution is -0.123. The van der Waals surface area contributed by atoms with E-state index >= 15 is 0 Å². The lowest BCUT2D eigenvalue weighted by Gasteiger charge is -2.45. The number of likely N-dealkylation sites (tertiary alicyclic amines) is 1. The van der Waals surface area contributed by atoms with Crippen LogP contribution in [0.5, 0.6) is 0 Å². The van der Waals surface area contributed by atoms with E-state index in [1.54, 1.807) is 4.90 Å². The molecule has 0 bridgehead atoms. The Hall–Kier alpha value is -1.92. The van der Waals surface area contributed by atoms with E-state index in [9.17, 15) is 9.59 Å². The van der Waals surface area contributed by atoms with Crippen molar-refractivity contribution in [3.63, 3.8) is 0 Å². The fourth-order valence-electron chi connectivity index (χ4n) is 4.39. The number of nitrogens with zero attached hydrogens (tertiary/aromatic N) is 2. The highest BCUT2D eigenvalue weighted by atomic mass is 16.5. The van der Waals surface area contributed by atoms with Gasteiger partial charge in [-0.1, -0.05) is 12.1 Å². The highest BCUT2D eigenvalue weighted by Crippen LogP contribution is 2.39. The molecule has 3 aliphatic heterocycles. The first-order valence-corrected chi connectivity index (χ1v) is 9.15. The van der Waals surface area contributed by atoms with Gasteiger partial charge in [0.1, 0.15) is 6.54 Å². The lowest BCUT2D eigenvalue weighted by atomic mass is 9.74. The minimum atomic E-state index is -0.133. The molecule has 1 aromatic carbocycles. The van der Waals surface area contributed by atoms with Gasteiger partial charge in [0.15, 0.2) is 0 Å². The Bertz CT molecular complexity index is 664. The molecule has 134 valence electrons. The number of amides is 2. The monoisotopic (exact) mass is 343 g/mol. The molecule has 0 aromatic heterocycles. The molecule has 3 aliphatic rings. The predicted octanol–water partition coefficient (Wildman–Crippen LogP) is 1.86. The number of hydrogen-bond acceptors (Lipinski definition) is 4. The van der Waals surface area contributed by atoms with Gasteiger partial charge >= 0.3 is 0 Å². The van der Waals surface area contributed by atoms with Crippen LogP contribution in [0.25, 0.3) is 0 Å². The van der Waals surface area contributed by atoms with Crippen molar-refractivity contribution < 1.29 is 14.3 Å². The molecule has 1 N–H and O–H groups in total.